The molecule has 1 amide bonds. The second kappa shape index (κ2) is 4.67. The zero-order valence-electron chi connectivity index (χ0n) is 10.4. The Morgan fingerprint density at radius 2 is 2.24 bits per heavy atom. The van der Waals surface area contributed by atoms with Gasteiger partial charge in [0.2, 0.25) is 5.91 Å². The van der Waals surface area contributed by atoms with Crippen molar-refractivity contribution in [2.45, 2.75) is 45.4 Å². The van der Waals surface area contributed by atoms with Gasteiger partial charge in [0.05, 0.1) is 5.92 Å². The molecular weight excluding hydrogens is 218 g/mol. The lowest BCUT2D eigenvalue weighted by Gasteiger charge is -2.46. The molecule has 2 fully saturated rings. The molecule has 4 nitrogen and oxygen atoms in total. The molecule has 0 spiro atoms. The highest BCUT2D eigenvalue weighted by atomic mass is 16.4. The SMILES string of the molecule is CCC1(CN2CC(C(=O)O)CCC2=O)CCC1. The Morgan fingerprint density at radius 3 is 2.71 bits per heavy atom. The van der Waals surface area contributed by atoms with Crippen LogP contribution in [0.4, 0.5) is 0 Å². The van der Waals surface area contributed by atoms with Crippen LogP contribution in [0.3, 0.4) is 0 Å². The fraction of sp³-hybridized carbons (Fsp3) is 0.846. The molecule has 2 rings (SSSR count). The number of aliphatic carboxylic acids is 1. The quantitative estimate of drug-likeness (QED) is 0.815. The van der Waals surface area contributed by atoms with Crippen LogP contribution in [0.1, 0.15) is 45.4 Å². The summed E-state index contributed by atoms with van der Waals surface area (Å²) in [5.74, 6) is -0.981. The van der Waals surface area contributed by atoms with E-state index < -0.39 is 5.97 Å². The van der Waals surface area contributed by atoms with E-state index >= 15 is 0 Å². The van der Waals surface area contributed by atoms with Crippen LogP contribution < -0.4 is 0 Å². The molecule has 1 N–H and O–H groups in total. The number of amides is 1. The van der Waals surface area contributed by atoms with Gasteiger partial charge in [0.25, 0.3) is 0 Å². The predicted molar refractivity (Wildman–Crippen MR) is 63.5 cm³/mol. The molecule has 96 valence electrons. The van der Waals surface area contributed by atoms with E-state index in [1.807, 2.05) is 0 Å². The molecule has 1 saturated carbocycles. The van der Waals surface area contributed by atoms with Gasteiger partial charge in [-0.3, -0.25) is 9.59 Å². The number of hydrogen-bond donors (Lipinski definition) is 1. The van der Waals surface area contributed by atoms with Crippen molar-refractivity contribution in [1.29, 1.82) is 0 Å². The first kappa shape index (κ1) is 12.4. The Labute approximate surface area is 102 Å². The number of carboxylic acid groups (broad SMARTS) is 1. The number of nitrogens with zero attached hydrogens (tertiary/aromatic N) is 1. The Hall–Kier alpha value is -1.06. The minimum absolute atomic E-state index is 0.141. The van der Waals surface area contributed by atoms with Gasteiger partial charge in [0.15, 0.2) is 0 Å². The van der Waals surface area contributed by atoms with Crippen LogP contribution >= 0.6 is 0 Å². The molecule has 1 unspecified atom stereocenters. The average Bonchev–Trinajstić information content (AvgIpc) is 2.25. The van der Waals surface area contributed by atoms with Crippen LogP contribution in [0.25, 0.3) is 0 Å². The van der Waals surface area contributed by atoms with Gasteiger partial charge in [-0.2, -0.15) is 0 Å². The third kappa shape index (κ3) is 2.45. The third-order valence-corrected chi connectivity index (χ3v) is 4.54. The first-order valence-electron chi connectivity index (χ1n) is 6.57. The van der Waals surface area contributed by atoms with Crippen LogP contribution in [-0.2, 0) is 9.59 Å². The molecule has 2 aliphatic rings. The van der Waals surface area contributed by atoms with Gasteiger partial charge in [-0.05, 0) is 31.1 Å². The summed E-state index contributed by atoms with van der Waals surface area (Å²) in [6.07, 6.45) is 5.61. The molecule has 0 bridgehead atoms. The highest BCUT2D eigenvalue weighted by molar-refractivity contribution is 5.80. The van der Waals surface area contributed by atoms with Crippen LogP contribution in [0.5, 0.6) is 0 Å². The number of piperidine rings is 1. The molecule has 1 aliphatic heterocycles. The van der Waals surface area contributed by atoms with Crippen molar-refractivity contribution in [3.05, 3.63) is 0 Å². The van der Waals surface area contributed by atoms with E-state index in [2.05, 4.69) is 6.92 Å². The maximum Gasteiger partial charge on any atom is 0.308 e. The summed E-state index contributed by atoms with van der Waals surface area (Å²) in [7, 11) is 0. The van der Waals surface area contributed by atoms with Crippen molar-refractivity contribution in [3.8, 4) is 0 Å². The van der Waals surface area contributed by atoms with Crippen molar-refractivity contribution in [2.24, 2.45) is 11.3 Å². The van der Waals surface area contributed by atoms with Gasteiger partial charge >= 0.3 is 5.97 Å². The minimum Gasteiger partial charge on any atom is -0.481 e. The van der Waals surface area contributed by atoms with Crippen molar-refractivity contribution in [1.82, 2.24) is 4.90 Å². The average molecular weight is 239 g/mol. The number of likely N-dealkylation sites (tertiary alicyclic amines) is 1. The summed E-state index contributed by atoms with van der Waals surface area (Å²) in [5.41, 5.74) is 0.288. The number of carbonyl (C=O) groups excluding carboxylic acids is 1. The fourth-order valence-corrected chi connectivity index (χ4v) is 2.97. The first-order chi connectivity index (χ1) is 8.06. The highest BCUT2D eigenvalue weighted by Crippen LogP contribution is 2.44. The van der Waals surface area contributed by atoms with Gasteiger partial charge in [-0.25, -0.2) is 0 Å². The van der Waals surface area contributed by atoms with Crippen molar-refractivity contribution >= 4 is 11.9 Å². The number of rotatable bonds is 4. The lowest BCUT2D eigenvalue weighted by Crippen LogP contribution is -2.49. The smallest absolute Gasteiger partial charge is 0.308 e. The van der Waals surface area contributed by atoms with Gasteiger partial charge in [-0.1, -0.05) is 13.3 Å². The molecule has 4 heteroatoms. The van der Waals surface area contributed by atoms with Crippen molar-refractivity contribution in [2.75, 3.05) is 13.1 Å². The maximum absolute atomic E-state index is 11.8. The van der Waals surface area contributed by atoms with Crippen molar-refractivity contribution < 1.29 is 14.7 Å². The molecule has 0 radical (unpaired) electrons. The molecule has 0 aromatic carbocycles. The second-order valence-electron chi connectivity index (χ2n) is 5.56. The topological polar surface area (TPSA) is 57.6 Å². The summed E-state index contributed by atoms with van der Waals surface area (Å²) in [6, 6.07) is 0. The number of carbonyl (C=O) groups is 2. The third-order valence-electron chi connectivity index (χ3n) is 4.54. The Kier molecular flexibility index (Phi) is 3.40. The lowest BCUT2D eigenvalue weighted by atomic mass is 9.66. The second-order valence-corrected chi connectivity index (χ2v) is 5.56. The standard InChI is InChI=1S/C13H21NO3/c1-2-13(6-3-7-13)9-14-8-10(12(16)17)4-5-11(14)15/h10H,2-9H2,1H3,(H,16,17). The lowest BCUT2D eigenvalue weighted by molar-refractivity contribution is -0.149. The summed E-state index contributed by atoms with van der Waals surface area (Å²) >= 11 is 0. The van der Waals surface area contributed by atoms with E-state index in [9.17, 15) is 9.59 Å². The molecule has 0 aromatic heterocycles. The fourth-order valence-electron chi connectivity index (χ4n) is 2.97. The van der Waals surface area contributed by atoms with Crippen LogP contribution in [0, 0.1) is 11.3 Å². The van der Waals surface area contributed by atoms with Gasteiger partial charge < -0.3 is 10.0 Å². The first-order valence-corrected chi connectivity index (χ1v) is 6.57. The summed E-state index contributed by atoms with van der Waals surface area (Å²) in [5, 5.41) is 9.03. The number of hydrogen-bond acceptors (Lipinski definition) is 2. The summed E-state index contributed by atoms with van der Waals surface area (Å²) < 4.78 is 0. The highest BCUT2D eigenvalue weighted by Gasteiger charge is 2.40. The van der Waals surface area contributed by atoms with E-state index in [-0.39, 0.29) is 17.2 Å². The van der Waals surface area contributed by atoms with E-state index in [1.165, 1.54) is 19.3 Å². The predicted octanol–water partition coefficient (Wildman–Crippen LogP) is 1.89. The molecule has 0 aromatic rings. The van der Waals surface area contributed by atoms with Gasteiger partial charge in [0, 0.05) is 19.5 Å². The van der Waals surface area contributed by atoms with E-state index in [0.717, 1.165) is 13.0 Å². The van der Waals surface area contributed by atoms with Gasteiger partial charge in [0.1, 0.15) is 0 Å². The molecule has 1 heterocycles. The van der Waals surface area contributed by atoms with Crippen molar-refractivity contribution in [3.63, 3.8) is 0 Å². The molecule has 1 aliphatic carbocycles. The van der Waals surface area contributed by atoms with E-state index in [1.54, 1.807) is 4.90 Å². The van der Waals surface area contributed by atoms with Crippen LogP contribution in [0.15, 0.2) is 0 Å². The zero-order valence-corrected chi connectivity index (χ0v) is 10.4. The molecule has 17 heavy (non-hydrogen) atoms. The number of carboxylic acids is 1. The Balaban J connectivity index is 1.98. The largest absolute Gasteiger partial charge is 0.481 e. The molecule has 1 saturated heterocycles. The van der Waals surface area contributed by atoms with E-state index in [4.69, 9.17) is 5.11 Å². The zero-order chi connectivity index (χ0) is 12.5. The molecular formula is C13H21NO3. The van der Waals surface area contributed by atoms with Gasteiger partial charge in [-0.15, -0.1) is 0 Å². The summed E-state index contributed by atoms with van der Waals surface area (Å²) in [6.45, 7) is 3.35. The van der Waals surface area contributed by atoms with E-state index in [0.29, 0.717) is 19.4 Å². The van der Waals surface area contributed by atoms with Crippen LogP contribution in [-0.4, -0.2) is 35.0 Å². The molecule has 1 atom stereocenters. The normalized spacial score (nSPS) is 27.7. The monoisotopic (exact) mass is 239 g/mol. The minimum atomic E-state index is -0.762. The Bertz CT molecular complexity index is 317. The maximum atomic E-state index is 11.8. The van der Waals surface area contributed by atoms with Crippen LogP contribution in [0.2, 0.25) is 0 Å². The summed E-state index contributed by atoms with van der Waals surface area (Å²) in [4.78, 5) is 24.6. The Morgan fingerprint density at radius 1 is 1.53 bits per heavy atom.